The summed E-state index contributed by atoms with van der Waals surface area (Å²) < 4.78 is 37.1. The van der Waals surface area contributed by atoms with Crippen LogP contribution in [0.4, 0.5) is 0 Å². The molecule has 0 aliphatic carbocycles. The van der Waals surface area contributed by atoms with Crippen molar-refractivity contribution in [2.24, 2.45) is 0 Å². The smallest absolute Gasteiger partial charge is 0.810 e. The monoisotopic (exact) mass is 1370 g/mol. The van der Waals surface area contributed by atoms with E-state index >= 15 is 0 Å². The molecule has 14 heteroatoms. The Morgan fingerprint density at radius 1 is 0.174 bits per heavy atom. The fraction of sp³-hybridized carbons (Fsp3) is 1.00. The first-order valence-corrected chi connectivity index (χ1v) is 42.0. The molecule has 0 spiro atoms. The van der Waals surface area contributed by atoms with Gasteiger partial charge in [0.2, 0.25) is 0 Å². The molecule has 0 unspecified atom stereocenters. The molecule has 0 atom stereocenters. The van der Waals surface area contributed by atoms with Gasteiger partial charge in [0.1, 0.15) is 0 Å². The van der Waals surface area contributed by atoms with E-state index in [-0.39, 0.29) is 33.6 Å². The van der Waals surface area contributed by atoms with Gasteiger partial charge in [-0.2, -0.15) is 0 Å². The fourth-order valence-electron chi connectivity index (χ4n) is 12.9. The summed E-state index contributed by atoms with van der Waals surface area (Å²) in [5.41, 5.74) is 0. The first-order valence-electron chi connectivity index (χ1n) is 37.4. The quantitative estimate of drug-likeness (QED) is 0.0421. The van der Waals surface area contributed by atoms with Crippen molar-refractivity contribution in [3.8, 4) is 0 Å². The molecule has 9 nitrogen and oxygen atoms in total. The van der Waals surface area contributed by atoms with Gasteiger partial charge >= 0.3 is 33.6 Å². The van der Waals surface area contributed by atoms with Crippen LogP contribution in [-0.4, -0.2) is 15.5 Å². The summed E-state index contributed by atoms with van der Waals surface area (Å²) in [7, 11) is -13.8. The second kappa shape index (κ2) is 66.5. The maximum atomic E-state index is 12.4. The van der Waals surface area contributed by atoms with Crippen molar-refractivity contribution in [3.63, 3.8) is 0 Å². The van der Waals surface area contributed by atoms with E-state index in [1.165, 1.54) is 193 Å². The van der Waals surface area contributed by atoms with Crippen LogP contribution in [0.15, 0.2) is 0 Å². The molecule has 86 heavy (non-hydrogen) atoms. The zero-order valence-electron chi connectivity index (χ0n) is 58.6. The van der Waals surface area contributed by atoms with Crippen LogP contribution >= 0.6 is 22.8 Å². The summed E-state index contributed by atoms with van der Waals surface area (Å²) >= 11 is 0. The minimum atomic E-state index is -4.59. The number of unbranched alkanes of at least 4 members (excludes halogenated alkanes) is 42. The van der Waals surface area contributed by atoms with Crippen LogP contribution < -0.4 is 29.4 Å². The van der Waals surface area contributed by atoms with E-state index in [0.29, 0.717) is 57.8 Å². The zero-order chi connectivity index (χ0) is 63.4. The zero-order valence-corrected chi connectivity index (χ0v) is 63.4. The van der Waals surface area contributed by atoms with Crippen molar-refractivity contribution < 1.29 is 76.6 Å². The molecule has 522 valence electrons. The number of hydrogen-bond donors (Lipinski definition) is 0. The van der Waals surface area contributed by atoms with E-state index in [4.69, 9.17) is 0 Å². The standard InChI is InChI=1S/3C24H51O3P.2Co/c3*1-4-7-10-13-16-19-22-24(28(25,26)27,21-18-15-12-9-6-3)23-20-17-14-11-8-5-2;;/h3*4-23H2,1-3H3,(H2,25,26,27);;/q;;;2*+3/p-6. The molecule has 0 aromatic heterocycles. The molecule has 0 aromatic rings. The molecule has 0 heterocycles. The van der Waals surface area contributed by atoms with Crippen molar-refractivity contribution in [3.05, 3.63) is 0 Å². The van der Waals surface area contributed by atoms with Crippen molar-refractivity contribution in [2.45, 2.75) is 463 Å². The molecule has 0 radical (unpaired) electrons. The van der Waals surface area contributed by atoms with Crippen LogP contribution in [0.2, 0.25) is 0 Å². The molecule has 0 aliphatic rings. The molecule has 0 fully saturated rings. The average Bonchev–Trinajstić information content (AvgIpc) is 2.27. The van der Waals surface area contributed by atoms with Crippen LogP contribution in [0.25, 0.3) is 0 Å². The number of hydrogen-bond acceptors (Lipinski definition) is 9. The first-order chi connectivity index (χ1) is 40.3. The molecule has 0 rings (SSSR count). The second-order valence-corrected chi connectivity index (χ2v) is 32.6. The van der Waals surface area contributed by atoms with Crippen LogP contribution in [0.5, 0.6) is 0 Å². The molecule has 0 aliphatic heterocycles. The summed E-state index contributed by atoms with van der Waals surface area (Å²) in [6.45, 7) is 19.8. The van der Waals surface area contributed by atoms with Crippen LogP contribution in [0.1, 0.15) is 448 Å². The van der Waals surface area contributed by atoms with Gasteiger partial charge in [-0.25, -0.2) is 0 Å². The Kier molecular flexibility index (Phi) is 74.3. The van der Waals surface area contributed by atoms with Crippen LogP contribution in [0.3, 0.4) is 0 Å². The molecular weight excluding hydrogens is 1220 g/mol. The van der Waals surface area contributed by atoms with E-state index in [1.54, 1.807) is 0 Å². The normalized spacial score (nSPS) is 12.3. The van der Waals surface area contributed by atoms with Crippen molar-refractivity contribution >= 4 is 22.8 Å². The van der Waals surface area contributed by atoms with Crippen molar-refractivity contribution in [1.29, 1.82) is 0 Å². The maximum absolute atomic E-state index is 12.4. The molecule has 0 saturated heterocycles. The minimum Gasteiger partial charge on any atom is -0.810 e. The third-order valence-corrected chi connectivity index (χ3v) is 24.5. The van der Waals surface area contributed by atoms with Gasteiger partial charge in [0.25, 0.3) is 0 Å². The summed E-state index contributed by atoms with van der Waals surface area (Å²) in [6.07, 6.45) is 62.7. The van der Waals surface area contributed by atoms with Crippen molar-refractivity contribution in [2.75, 3.05) is 0 Å². The van der Waals surface area contributed by atoms with E-state index in [1.807, 2.05) is 0 Å². The summed E-state index contributed by atoms with van der Waals surface area (Å²) in [6, 6.07) is 0. The largest absolute Gasteiger partial charge is 3.00 e. The number of rotatable bonds is 63. The minimum absolute atomic E-state index is 0. The summed E-state index contributed by atoms with van der Waals surface area (Å²) in [5, 5.41) is -2.93. The molecular formula is C72H147Co2O9P3. The maximum Gasteiger partial charge on any atom is 3.00 e. The third kappa shape index (κ3) is 53.8. The Hall–Kier alpha value is 1.46. The summed E-state index contributed by atoms with van der Waals surface area (Å²) in [4.78, 5) is 74.3. The molecule has 0 amide bonds. The van der Waals surface area contributed by atoms with Gasteiger partial charge in [0, 0.05) is 0 Å². The van der Waals surface area contributed by atoms with E-state index < -0.39 is 38.3 Å². The Bertz CT molecular complexity index is 1270. The SMILES string of the molecule is CCCCCCCCC(CCCCCCC)(CCCCCCCC)P(=O)([O-])[O-].CCCCCCCCC(CCCCCCC)(CCCCCCCC)P(=O)([O-])[O-].CCCCCCCCC(CCCCCCC)(CCCCCCCC)P(=O)([O-])[O-].[Co+3].[Co+3]. The van der Waals surface area contributed by atoms with Gasteiger partial charge in [-0.3, -0.25) is 0 Å². The Morgan fingerprint density at radius 3 is 0.337 bits per heavy atom. The van der Waals surface area contributed by atoms with Gasteiger partial charge in [0.15, 0.2) is 0 Å². The van der Waals surface area contributed by atoms with E-state index in [0.717, 1.165) is 135 Å². The Morgan fingerprint density at radius 2 is 0.256 bits per heavy atom. The Labute approximate surface area is 558 Å². The summed E-state index contributed by atoms with van der Waals surface area (Å²) in [5.74, 6) is 0. The van der Waals surface area contributed by atoms with E-state index in [2.05, 4.69) is 62.3 Å². The average molecular weight is 1370 g/mol. The second-order valence-electron chi connectivity index (χ2n) is 26.8. The molecule has 0 saturated carbocycles. The van der Waals surface area contributed by atoms with Gasteiger partial charge in [0.05, 0.1) is 0 Å². The molecule has 0 N–H and O–H groups in total. The topological polar surface area (TPSA) is 190 Å². The predicted octanol–water partition coefficient (Wildman–Crippen LogP) is 22.5. The van der Waals surface area contributed by atoms with Crippen LogP contribution in [0, 0.1) is 0 Å². The molecule has 0 aromatic carbocycles. The van der Waals surface area contributed by atoms with Gasteiger partial charge in [-0.1, -0.05) is 413 Å². The first kappa shape index (κ1) is 96.2. The van der Waals surface area contributed by atoms with Crippen LogP contribution in [-0.2, 0) is 47.3 Å². The van der Waals surface area contributed by atoms with Gasteiger partial charge in [-0.15, -0.1) is 0 Å². The predicted molar refractivity (Wildman–Crippen MR) is 359 cm³/mol. The van der Waals surface area contributed by atoms with E-state index in [9.17, 15) is 43.1 Å². The molecule has 0 bridgehead atoms. The fourth-order valence-corrected chi connectivity index (χ4v) is 16.8. The van der Waals surface area contributed by atoms with Gasteiger partial charge in [-0.05, 0) is 73.3 Å². The van der Waals surface area contributed by atoms with Gasteiger partial charge < -0.3 is 43.1 Å². The Balaban J connectivity index is -0.000000377. The third-order valence-electron chi connectivity index (χ3n) is 19.0. The van der Waals surface area contributed by atoms with Crippen molar-refractivity contribution in [1.82, 2.24) is 0 Å².